The van der Waals surface area contributed by atoms with E-state index in [9.17, 15) is 14.3 Å². The fourth-order valence-corrected chi connectivity index (χ4v) is 2.05. The third-order valence-corrected chi connectivity index (χ3v) is 2.80. The number of aromatic hydroxyl groups is 1. The van der Waals surface area contributed by atoms with Crippen LogP contribution < -0.4 is 0 Å². The highest BCUT2D eigenvalue weighted by Crippen LogP contribution is 2.37. The van der Waals surface area contributed by atoms with Gasteiger partial charge in [-0.3, -0.25) is 4.79 Å². The van der Waals surface area contributed by atoms with Gasteiger partial charge in [-0.05, 0) is 42.2 Å². The summed E-state index contributed by atoms with van der Waals surface area (Å²) >= 11 is 0. The maximum absolute atomic E-state index is 13.1. The summed E-state index contributed by atoms with van der Waals surface area (Å²) in [4.78, 5) is 10.7. The van der Waals surface area contributed by atoms with Crippen molar-refractivity contribution in [3.8, 4) is 5.75 Å². The van der Waals surface area contributed by atoms with Gasteiger partial charge in [-0.2, -0.15) is 0 Å². The van der Waals surface area contributed by atoms with Crippen LogP contribution in [-0.4, -0.2) is 16.2 Å². The van der Waals surface area contributed by atoms with Gasteiger partial charge in [0.25, 0.3) is 0 Å². The van der Waals surface area contributed by atoms with Crippen LogP contribution in [0.1, 0.15) is 24.5 Å². The molecule has 4 heteroatoms. The summed E-state index contributed by atoms with van der Waals surface area (Å²) < 4.78 is 13.1. The number of aliphatic carboxylic acids is 1. The van der Waals surface area contributed by atoms with Crippen LogP contribution in [-0.2, 0) is 11.2 Å². The smallest absolute Gasteiger partial charge is 0.307 e. The molecule has 0 bridgehead atoms. The average molecular weight is 222 g/mol. The van der Waals surface area contributed by atoms with Gasteiger partial charge in [-0.15, -0.1) is 0 Å². The number of carboxylic acids is 1. The standard InChI is InChI=1S/C12H11FO3/c1-6-2-7-3-10(13)11(14)4-9(7)8(6)5-12(15)16/h3-4,14H,2,5H2,1H3,(H,15,16). The molecule has 0 radical (unpaired) electrons. The summed E-state index contributed by atoms with van der Waals surface area (Å²) in [6.45, 7) is 1.83. The minimum atomic E-state index is -0.925. The van der Waals surface area contributed by atoms with E-state index in [1.54, 1.807) is 0 Å². The molecule has 0 spiro atoms. The largest absolute Gasteiger partial charge is 0.505 e. The number of carbonyl (C=O) groups is 1. The van der Waals surface area contributed by atoms with Gasteiger partial charge in [0, 0.05) is 0 Å². The van der Waals surface area contributed by atoms with E-state index < -0.39 is 17.5 Å². The van der Waals surface area contributed by atoms with Crippen LogP contribution in [0.25, 0.3) is 5.57 Å². The van der Waals surface area contributed by atoms with Crippen LogP contribution in [0.3, 0.4) is 0 Å². The fraction of sp³-hybridized carbons (Fsp3) is 0.250. The topological polar surface area (TPSA) is 57.5 Å². The summed E-state index contributed by atoms with van der Waals surface area (Å²) in [6.07, 6.45) is 0.457. The normalized spacial score (nSPS) is 14.1. The number of halogens is 1. The van der Waals surface area contributed by atoms with E-state index in [4.69, 9.17) is 5.11 Å². The first kappa shape index (κ1) is 10.7. The fourth-order valence-electron chi connectivity index (χ4n) is 2.05. The van der Waals surface area contributed by atoms with Gasteiger partial charge < -0.3 is 10.2 Å². The molecule has 1 aromatic rings. The molecule has 0 saturated carbocycles. The molecule has 0 fully saturated rings. The molecule has 1 aliphatic carbocycles. The predicted octanol–water partition coefficient (Wildman–Crippen LogP) is 2.34. The third-order valence-electron chi connectivity index (χ3n) is 2.80. The second kappa shape index (κ2) is 3.63. The van der Waals surface area contributed by atoms with Crippen LogP contribution >= 0.6 is 0 Å². The van der Waals surface area contributed by atoms with Gasteiger partial charge in [0.05, 0.1) is 6.42 Å². The summed E-state index contributed by atoms with van der Waals surface area (Å²) in [6, 6.07) is 2.57. The quantitative estimate of drug-likeness (QED) is 0.807. The first-order valence-electron chi connectivity index (χ1n) is 4.91. The van der Waals surface area contributed by atoms with Gasteiger partial charge in [-0.25, -0.2) is 4.39 Å². The lowest BCUT2D eigenvalue weighted by Crippen LogP contribution is -1.97. The zero-order valence-electron chi connectivity index (χ0n) is 8.75. The number of carboxylic acid groups (broad SMARTS) is 1. The van der Waals surface area contributed by atoms with E-state index in [0.717, 1.165) is 11.1 Å². The first-order chi connectivity index (χ1) is 7.49. The Morgan fingerprint density at radius 1 is 1.50 bits per heavy atom. The van der Waals surface area contributed by atoms with Crippen molar-refractivity contribution in [2.24, 2.45) is 0 Å². The van der Waals surface area contributed by atoms with Crippen molar-refractivity contribution in [1.82, 2.24) is 0 Å². The number of rotatable bonds is 2. The zero-order valence-corrected chi connectivity index (χ0v) is 8.75. The Balaban J connectivity index is 2.48. The molecule has 0 heterocycles. The third kappa shape index (κ3) is 1.66. The first-order valence-corrected chi connectivity index (χ1v) is 4.91. The van der Waals surface area contributed by atoms with E-state index in [0.29, 0.717) is 17.6 Å². The van der Waals surface area contributed by atoms with Crippen molar-refractivity contribution in [2.75, 3.05) is 0 Å². The molecular formula is C12H11FO3. The highest BCUT2D eigenvalue weighted by molar-refractivity contribution is 5.88. The van der Waals surface area contributed by atoms with Crippen LogP contribution in [0, 0.1) is 5.82 Å². The minimum absolute atomic E-state index is 0.0933. The van der Waals surface area contributed by atoms with E-state index >= 15 is 0 Å². The van der Waals surface area contributed by atoms with Crippen molar-refractivity contribution in [2.45, 2.75) is 19.8 Å². The Morgan fingerprint density at radius 2 is 2.19 bits per heavy atom. The lowest BCUT2D eigenvalue weighted by Gasteiger charge is -2.05. The molecular weight excluding hydrogens is 211 g/mol. The van der Waals surface area contributed by atoms with Crippen molar-refractivity contribution < 1.29 is 19.4 Å². The molecule has 0 aromatic heterocycles. The van der Waals surface area contributed by atoms with Crippen molar-refractivity contribution in [3.05, 3.63) is 34.6 Å². The van der Waals surface area contributed by atoms with Gasteiger partial charge in [0.15, 0.2) is 11.6 Å². The number of allylic oxidation sites excluding steroid dienone is 1. The molecule has 2 N–H and O–H groups in total. The molecule has 0 atom stereocenters. The van der Waals surface area contributed by atoms with Crippen molar-refractivity contribution in [1.29, 1.82) is 0 Å². The van der Waals surface area contributed by atoms with Crippen LogP contribution in [0.2, 0.25) is 0 Å². The Bertz CT molecular complexity index is 503. The molecule has 16 heavy (non-hydrogen) atoms. The average Bonchev–Trinajstić information content (AvgIpc) is 2.45. The van der Waals surface area contributed by atoms with Crippen molar-refractivity contribution in [3.63, 3.8) is 0 Å². The second-order valence-electron chi connectivity index (χ2n) is 3.97. The number of phenols is 1. The summed E-state index contributed by atoms with van der Waals surface area (Å²) in [5.74, 6) is -2.02. The summed E-state index contributed by atoms with van der Waals surface area (Å²) in [5.41, 5.74) is 2.99. The zero-order chi connectivity index (χ0) is 11.9. The van der Waals surface area contributed by atoms with Gasteiger partial charge in [-0.1, -0.05) is 5.57 Å². The highest BCUT2D eigenvalue weighted by atomic mass is 19.1. The number of hydrogen-bond acceptors (Lipinski definition) is 2. The lowest BCUT2D eigenvalue weighted by molar-refractivity contribution is -0.135. The Hall–Kier alpha value is -1.84. The highest BCUT2D eigenvalue weighted by Gasteiger charge is 2.22. The Labute approximate surface area is 91.8 Å². The van der Waals surface area contributed by atoms with Crippen LogP contribution in [0.15, 0.2) is 17.7 Å². The number of fused-ring (bicyclic) bond motifs is 1. The number of hydrogen-bond donors (Lipinski definition) is 2. The molecule has 0 unspecified atom stereocenters. The Kier molecular flexibility index (Phi) is 2.42. The molecule has 3 nitrogen and oxygen atoms in total. The van der Waals surface area contributed by atoms with Crippen LogP contribution in [0.5, 0.6) is 5.75 Å². The second-order valence-corrected chi connectivity index (χ2v) is 3.97. The monoisotopic (exact) mass is 222 g/mol. The number of benzene rings is 1. The molecule has 84 valence electrons. The molecule has 1 aliphatic rings. The van der Waals surface area contributed by atoms with Gasteiger partial charge >= 0.3 is 5.97 Å². The van der Waals surface area contributed by atoms with E-state index in [-0.39, 0.29) is 6.42 Å². The Morgan fingerprint density at radius 3 is 2.81 bits per heavy atom. The van der Waals surface area contributed by atoms with E-state index in [2.05, 4.69) is 0 Å². The molecule has 0 amide bonds. The predicted molar refractivity (Wildman–Crippen MR) is 56.6 cm³/mol. The SMILES string of the molecule is CC1=C(CC(=O)O)c2cc(O)c(F)cc2C1. The summed E-state index contributed by atoms with van der Waals surface area (Å²) in [5, 5.41) is 18.0. The maximum atomic E-state index is 13.1. The van der Waals surface area contributed by atoms with Gasteiger partial charge in [0.2, 0.25) is 0 Å². The van der Waals surface area contributed by atoms with Crippen molar-refractivity contribution >= 4 is 11.5 Å². The molecule has 2 rings (SSSR count). The maximum Gasteiger partial charge on any atom is 0.307 e. The summed E-state index contributed by atoms with van der Waals surface area (Å²) in [7, 11) is 0. The lowest BCUT2D eigenvalue weighted by atomic mass is 10.0. The molecule has 0 saturated heterocycles. The van der Waals surface area contributed by atoms with Gasteiger partial charge in [0.1, 0.15) is 0 Å². The molecule has 1 aromatic carbocycles. The van der Waals surface area contributed by atoms with E-state index in [1.165, 1.54) is 12.1 Å². The van der Waals surface area contributed by atoms with E-state index in [1.807, 2.05) is 6.92 Å². The van der Waals surface area contributed by atoms with Crippen LogP contribution in [0.4, 0.5) is 4.39 Å². The number of phenolic OH excluding ortho intramolecular Hbond substituents is 1. The molecule has 0 aliphatic heterocycles. The minimum Gasteiger partial charge on any atom is -0.505 e.